The minimum absolute atomic E-state index is 0.0125. The molecule has 17 heavy (non-hydrogen) atoms. The van der Waals surface area contributed by atoms with E-state index in [-0.39, 0.29) is 12.0 Å². The second-order valence-electron chi connectivity index (χ2n) is 4.16. The van der Waals surface area contributed by atoms with E-state index in [1.807, 2.05) is 6.92 Å². The van der Waals surface area contributed by atoms with Crippen LogP contribution >= 0.6 is 0 Å². The van der Waals surface area contributed by atoms with Gasteiger partial charge in [0.05, 0.1) is 18.7 Å². The fourth-order valence-corrected chi connectivity index (χ4v) is 1.86. The number of carbonyl (C=O) groups excluding carboxylic acids is 1. The molecule has 0 aliphatic carbocycles. The van der Waals surface area contributed by atoms with E-state index in [2.05, 4.69) is 5.32 Å². The molecule has 0 spiro atoms. The summed E-state index contributed by atoms with van der Waals surface area (Å²) in [6.45, 7) is 2.39. The van der Waals surface area contributed by atoms with Crippen LogP contribution in [0.3, 0.4) is 0 Å². The molecule has 2 rings (SSSR count). The maximum absolute atomic E-state index is 11.2. The Hall–Kier alpha value is -1.75. The molecule has 1 aliphatic heterocycles. The van der Waals surface area contributed by atoms with E-state index in [4.69, 9.17) is 15.2 Å². The first-order valence-corrected chi connectivity index (χ1v) is 5.48. The molecular weight excluding hydrogens is 220 g/mol. The Morgan fingerprint density at radius 2 is 2.29 bits per heavy atom. The van der Waals surface area contributed by atoms with Gasteiger partial charge in [-0.25, -0.2) is 0 Å². The molecule has 1 atom stereocenters. The predicted octanol–water partition coefficient (Wildman–Crippen LogP) is 1.18. The van der Waals surface area contributed by atoms with Gasteiger partial charge in [0.15, 0.2) is 0 Å². The summed E-state index contributed by atoms with van der Waals surface area (Å²) in [5.41, 5.74) is 8.12. The number of nitrogens with one attached hydrogen (secondary N) is 1. The molecule has 92 valence electrons. The number of anilines is 2. The van der Waals surface area contributed by atoms with E-state index >= 15 is 0 Å². The van der Waals surface area contributed by atoms with Gasteiger partial charge in [-0.1, -0.05) is 0 Å². The van der Waals surface area contributed by atoms with Gasteiger partial charge < -0.3 is 20.5 Å². The Labute approximate surface area is 99.9 Å². The molecule has 1 aliphatic rings. The average Bonchev–Trinajstić information content (AvgIpc) is 2.58. The number of nitrogen functional groups attached to an aromatic ring is 1. The van der Waals surface area contributed by atoms with Gasteiger partial charge in [-0.2, -0.15) is 0 Å². The van der Waals surface area contributed by atoms with Crippen molar-refractivity contribution in [3.05, 3.63) is 17.7 Å². The minimum Gasteiger partial charge on any atom is -0.486 e. The standard InChI is InChI=1S/C12H16N2O3/c1-7(6-16-2)17-11-5-10-8(3-9(11)13)4-12(15)14-10/h3,5,7H,4,6,13H2,1-2H3,(H,14,15). The fourth-order valence-electron chi connectivity index (χ4n) is 1.86. The summed E-state index contributed by atoms with van der Waals surface area (Å²) >= 11 is 0. The monoisotopic (exact) mass is 236 g/mol. The number of amides is 1. The molecule has 3 N–H and O–H groups in total. The van der Waals surface area contributed by atoms with Gasteiger partial charge in [0.1, 0.15) is 11.9 Å². The zero-order valence-electron chi connectivity index (χ0n) is 9.95. The number of ether oxygens (including phenoxy) is 2. The Morgan fingerprint density at radius 1 is 1.53 bits per heavy atom. The van der Waals surface area contributed by atoms with E-state index in [0.29, 0.717) is 24.5 Å². The number of hydrogen-bond acceptors (Lipinski definition) is 4. The highest BCUT2D eigenvalue weighted by atomic mass is 16.5. The van der Waals surface area contributed by atoms with Gasteiger partial charge in [-0.15, -0.1) is 0 Å². The van der Waals surface area contributed by atoms with Crippen molar-refractivity contribution >= 4 is 17.3 Å². The molecule has 1 aromatic carbocycles. The topological polar surface area (TPSA) is 73.6 Å². The predicted molar refractivity (Wildman–Crippen MR) is 65.2 cm³/mol. The van der Waals surface area contributed by atoms with Gasteiger partial charge >= 0.3 is 0 Å². The molecule has 0 saturated carbocycles. The summed E-state index contributed by atoms with van der Waals surface area (Å²) in [4.78, 5) is 11.2. The lowest BCUT2D eigenvalue weighted by atomic mass is 10.1. The first-order chi connectivity index (χ1) is 8.10. The Kier molecular flexibility index (Phi) is 3.19. The normalized spacial score (nSPS) is 15.3. The fraction of sp³-hybridized carbons (Fsp3) is 0.417. The van der Waals surface area contributed by atoms with Crippen LogP contribution in [0.5, 0.6) is 5.75 Å². The third kappa shape index (κ3) is 2.50. The highest BCUT2D eigenvalue weighted by Crippen LogP contribution is 2.33. The van der Waals surface area contributed by atoms with Crippen molar-refractivity contribution < 1.29 is 14.3 Å². The number of rotatable bonds is 4. The van der Waals surface area contributed by atoms with Crippen LogP contribution in [-0.4, -0.2) is 25.7 Å². The lowest BCUT2D eigenvalue weighted by Gasteiger charge is -2.16. The van der Waals surface area contributed by atoms with Crippen molar-refractivity contribution in [1.29, 1.82) is 0 Å². The molecule has 0 bridgehead atoms. The summed E-state index contributed by atoms with van der Waals surface area (Å²) in [6.07, 6.45) is 0.297. The molecular formula is C12H16N2O3. The van der Waals surface area contributed by atoms with Crippen molar-refractivity contribution in [3.8, 4) is 5.75 Å². The van der Waals surface area contributed by atoms with E-state index in [0.717, 1.165) is 11.3 Å². The van der Waals surface area contributed by atoms with E-state index in [1.54, 1.807) is 19.2 Å². The molecule has 1 heterocycles. The van der Waals surface area contributed by atoms with Crippen molar-refractivity contribution in [3.63, 3.8) is 0 Å². The van der Waals surface area contributed by atoms with Crippen LogP contribution in [-0.2, 0) is 16.0 Å². The molecule has 5 nitrogen and oxygen atoms in total. The largest absolute Gasteiger partial charge is 0.486 e. The Bertz CT molecular complexity index is 446. The quantitative estimate of drug-likeness (QED) is 0.770. The van der Waals surface area contributed by atoms with Gasteiger partial charge in [0.2, 0.25) is 5.91 Å². The minimum atomic E-state index is -0.0857. The Balaban J connectivity index is 2.19. The summed E-state index contributed by atoms with van der Waals surface area (Å²) < 4.78 is 10.6. The summed E-state index contributed by atoms with van der Waals surface area (Å²) in [7, 11) is 1.62. The van der Waals surface area contributed by atoms with E-state index in [9.17, 15) is 4.79 Å². The smallest absolute Gasteiger partial charge is 0.228 e. The van der Waals surface area contributed by atoms with Crippen LogP contribution in [0, 0.1) is 0 Å². The van der Waals surface area contributed by atoms with Gasteiger partial charge in [0.25, 0.3) is 0 Å². The highest BCUT2D eigenvalue weighted by molar-refractivity contribution is 6.00. The third-order valence-electron chi connectivity index (χ3n) is 2.59. The molecule has 1 aromatic rings. The van der Waals surface area contributed by atoms with Crippen LogP contribution in [0.15, 0.2) is 12.1 Å². The van der Waals surface area contributed by atoms with Crippen LogP contribution < -0.4 is 15.8 Å². The van der Waals surface area contributed by atoms with Crippen LogP contribution in [0.2, 0.25) is 0 Å². The molecule has 0 radical (unpaired) electrons. The zero-order valence-corrected chi connectivity index (χ0v) is 9.95. The zero-order chi connectivity index (χ0) is 12.4. The van der Waals surface area contributed by atoms with Crippen molar-refractivity contribution in [2.24, 2.45) is 0 Å². The highest BCUT2D eigenvalue weighted by Gasteiger charge is 2.20. The van der Waals surface area contributed by atoms with E-state index < -0.39 is 0 Å². The number of carbonyl (C=O) groups is 1. The van der Waals surface area contributed by atoms with Gasteiger partial charge in [-0.3, -0.25) is 4.79 Å². The summed E-state index contributed by atoms with van der Waals surface area (Å²) in [6, 6.07) is 3.55. The number of nitrogens with two attached hydrogens (primary N) is 1. The molecule has 0 fully saturated rings. The number of hydrogen-bond donors (Lipinski definition) is 2. The first-order valence-electron chi connectivity index (χ1n) is 5.48. The number of benzene rings is 1. The molecule has 0 saturated heterocycles. The van der Waals surface area contributed by atoms with Gasteiger partial charge in [0, 0.05) is 18.9 Å². The van der Waals surface area contributed by atoms with Gasteiger partial charge in [-0.05, 0) is 18.6 Å². The first kappa shape index (κ1) is 11.7. The summed E-state index contributed by atoms with van der Waals surface area (Å²) in [5, 5.41) is 2.76. The lowest BCUT2D eigenvalue weighted by Crippen LogP contribution is -2.18. The average molecular weight is 236 g/mol. The molecule has 1 amide bonds. The number of fused-ring (bicyclic) bond motifs is 1. The second kappa shape index (κ2) is 4.63. The maximum Gasteiger partial charge on any atom is 0.228 e. The van der Waals surface area contributed by atoms with E-state index in [1.165, 1.54) is 0 Å². The van der Waals surface area contributed by atoms with Crippen molar-refractivity contribution in [2.45, 2.75) is 19.4 Å². The molecule has 1 unspecified atom stereocenters. The van der Waals surface area contributed by atoms with Crippen LogP contribution in [0.4, 0.5) is 11.4 Å². The summed E-state index contributed by atoms with van der Waals surface area (Å²) in [5.74, 6) is 0.567. The lowest BCUT2D eigenvalue weighted by molar-refractivity contribution is -0.115. The Morgan fingerprint density at radius 3 is 3.00 bits per heavy atom. The SMILES string of the molecule is COCC(C)Oc1cc2c(cc1N)CC(=O)N2. The van der Waals surface area contributed by atoms with Crippen molar-refractivity contribution in [2.75, 3.05) is 24.8 Å². The number of methoxy groups -OCH3 is 1. The van der Waals surface area contributed by atoms with Crippen LogP contribution in [0.1, 0.15) is 12.5 Å². The second-order valence-corrected chi connectivity index (χ2v) is 4.16. The maximum atomic E-state index is 11.2. The third-order valence-corrected chi connectivity index (χ3v) is 2.59. The van der Waals surface area contributed by atoms with Crippen LogP contribution in [0.25, 0.3) is 0 Å². The molecule has 0 aromatic heterocycles. The molecule has 5 heteroatoms. The van der Waals surface area contributed by atoms with Crippen molar-refractivity contribution in [1.82, 2.24) is 0 Å².